The number of hydrogen-bond donors (Lipinski definition) is 2. The van der Waals surface area contributed by atoms with Crippen LogP contribution in [0.5, 0.6) is 0 Å². The summed E-state index contributed by atoms with van der Waals surface area (Å²) in [6, 6.07) is 0. The van der Waals surface area contributed by atoms with Gasteiger partial charge in [-0.25, -0.2) is 0 Å². The van der Waals surface area contributed by atoms with Gasteiger partial charge in [0, 0.05) is 20.0 Å². The van der Waals surface area contributed by atoms with Crippen molar-refractivity contribution < 1.29 is 19.1 Å². The first-order chi connectivity index (χ1) is 29.4. The van der Waals surface area contributed by atoms with Crippen LogP contribution < -0.4 is 21.5 Å². The van der Waals surface area contributed by atoms with E-state index in [-0.39, 0.29) is 12.1 Å². The summed E-state index contributed by atoms with van der Waals surface area (Å²) in [5.41, 5.74) is 0.0359. The van der Waals surface area contributed by atoms with Crippen molar-refractivity contribution in [2.75, 3.05) is 50.5 Å². The molecule has 0 amide bonds. The molecule has 0 bridgehead atoms. The van der Waals surface area contributed by atoms with Crippen molar-refractivity contribution in [2.45, 2.75) is 252 Å². The van der Waals surface area contributed by atoms with E-state index >= 15 is 0 Å². The summed E-state index contributed by atoms with van der Waals surface area (Å²) in [6.45, 7) is 14.0. The topological polar surface area (TPSA) is 114 Å². The molecule has 0 aliphatic rings. The van der Waals surface area contributed by atoms with E-state index in [0.29, 0.717) is 37.4 Å². The number of nitrogens with one attached hydrogen (secondary N) is 2. The van der Waals surface area contributed by atoms with Gasteiger partial charge in [0.1, 0.15) is 17.5 Å². The highest BCUT2D eigenvalue weighted by Gasteiger charge is 2.19. The van der Waals surface area contributed by atoms with Gasteiger partial charge in [-0.2, -0.15) is 0 Å². The van der Waals surface area contributed by atoms with Gasteiger partial charge in [0.05, 0.1) is 6.61 Å². The van der Waals surface area contributed by atoms with Gasteiger partial charge in [-0.3, -0.25) is 19.2 Å². The van der Waals surface area contributed by atoms with E-state index in [1.54, 1.807) is 7.05 Å². The number of rotatable bonds is 45. The Bertz CT molecular complexity index is 1140. The molecule has 0 saturated heterocycles. The number of unbranched alkanes of at least 4 members (excludes halogenated alkanes) is 25. The number of hydrogen-bond acceptors (Lipinski definition) is 9. The van der Waals surface area contributed by atoms with Crippen molar-refractivity contribution in [2.24, 2.45) is 0 Å². The quantitative estimate of drug-likeness (QED) is 0.0287. The Hall–Kier alpha value is -2.42. The summed E-state index contributed by atoms with van der Waals surface area (Å²) in [6.07, 6.45) is 41.2. The molecule has 9 nitrogen and oxygen atoms in total. The molecule has 0 heterocycles. The zero-order valence-corrected chi connectivity index (χ0v) is 40.1. The molecule has 0 aliphatic heterocycles. The molecule has 0 spiro atoms. The Balaban J connectivity index is 0.00000250. The maximum Gasteiger partial charge on any atom is 0.306 e. The number of nitrogens with zero attached hydrogens (tertiary/aromatic N) is 1. The Morgan fingerprint density at radius 2 is 0.933 bits per heavy atom. The molecule has 0 aromatic heterocycles. The maximum atomic E-state index is 12.7. The number of carbonyl (C=O) groups is 2. The van der Waals surface area contributed by atoms with Crippen LogP contribution in [0.1, 0.15) is 246 Å². The van der Waals surface area contributed by atoms with Crippen LogP contribution in [-0.2, 0) is 19.1 Å². The summed E-state index contributed by atoms with van der Waals surface area (Å²) in [5.74, 6) is 0.0151. The van der Waals surface area contributed by atoms with Crippen LogP contribution in [0.25, 0.3) is 0 Å². The molecule has 0 atom stereocenters. The Labute approximate surface area is 369 Å². The largest absolute Gasteiger partial charge is 0.468 e. The maximum absolute atomic E-state index is 12.7. The predicted molar refractivity (Wildman–Crippen MR) is 257 cm³/mol. The molecule has 60 heavy (non-hydrogen) atoms. The van der Waals surface area contributed by atoms with Gasteiger partial charge in [0.25, 0.3) is 17.3 Å². The third-order valence-corrected chi connectivity index (χ3v) is 11.8. The van der Waals surface area contributed by atoms with Crippen molar-refractivity contribution in [3.63, 3.8) is 0 Å². The molecule has 9 heteroatoms. The zero-order valence-electron chi connectivity index (χ0n) is 40.1. The zero-order chi connectivity index (χ0) is 44.2. The molecular weight excluding hydrogens is 751 g/mol. The van der Waals surface area contributed by atoms with Crippen molar-refractivity contribution >= 4 is 23.8 Å². The highest BCUT2D eigenvalue weighted by Crippen LogP contribution is 2.19. The first-order valence-corrected chi connectivity index (χ1v) is 25.6. The van der Waals surface area contributed by atoms with Gasteiger partial charge in [0.15, 0.2) is 0 Å². The lowest BCUT2D eigenvalue weighted by Crippen LogP contribution is -2.37. The van der Waals surface area contributed by atoms with Crippen LogP contribution in [0.15, 0.2) is 9.59 Å². The second-order valence-electron chi connectivity index (χ2n) is 17.4. The van der Waals surface area contributed by atoms with Gasteiger partial charge in [0.2, 0.25) is 0 Å². The van der Waals surface area contributed by atoms with Gasteiger partial charge >= 0.3 is 5.97 Å². The first kappa shape index (κ1) is 57.6. The van der Waals surface area contributed by atoms with Crippen LogP contribution in [0.3, 0.4) is 0 Å². The number of esters is 1. The predicted octanol–water partition coefficient (Wildman–Crippen LogP) is 13.5. The van der Waals surface area contributed by atoms with Crippen LogP contribution >= 0.6 is 0 Å². The molecule has 0 fully saturated rings. The summed E-state index contributed by atoms with van der Waals surface area (Å²) in [7, 11) is 1.68. The van der Waals surface area contributed by atoms with E-state index in [2.05, 4.69) is 48.0 Å². The second-order valence-corrected chi connectivity index (χ2v) is 17.4. The van der Waals surface area contributed by atoms with Crippen LogP contribution in [-0.4, -0.2) is 63.3 Å². The lowest BCUT2D eigenvalue weighted by Gasteiger charge is -2.23. The minimum absolute atomic E-state index is 0.0151. The van der Waals surface area contributed by atoms with E-state index in [0.717, 1.165) is 64.6 Å². The van der Waals surface area contributed by atoms with Crippen molar-refractivity contribution in [3.05, 3.63) is 20.4 Å². The minimum atomic E-state index is -0.419. The standard InChI is InChI=1S/C41H77N3O4.C10H20O2/c1-5-8-11-14-18-23-29-36(30-24-19-15-12-9-6-2)48-37(45)31-25-20-17-22-27-34-44(33-26-21-16-13-10-7-3)35-28-32-43-39-38(42-4)40(46)41(39)47;1-2-3-4-5-6-7-8-9-12-10-11/h36,42-43H,5-35H2,1-4H3;10H,2-9H2,1H3. The van der Waals surface area contributed by atoms with Gasteiger partial charge in [-0.1, -0.05) is 182 Å². The van der Waals surface area contributed by atoms with Crippen molar-refractivity contribution in [1.82, 2.24) is 4.90 Å². The third kappa shape index (κ3) is 34.2. The summed E-state index contributed by atoms with van der Waals surface area (Å²) >= 11 is 0. The molecule has 352 valence electrons. The SMILES string of the molecule is CCCCCCCCC(CCCCCCCC)OC(=O)CCCCCCCN(CCCCCCCC)CCCNc1c(NC)c(=O)c1=O.CCCCCCCCCOC=O. The van der Waals surface area contributed by atoms with E-state index in [4.69, 9.17) is 4.74 Å². The number of carbonyl (C=O) groups excluding carboxylic acids is 2. The Morgan fingerprint density at radius 1 is 0.533 bits per heavy atom. The third-order valence-electron chi connectivity index (χ3n) is 11.8. The number of ether oxygens (including phenoxy) is 2. The lowest BCUT2D eigenvalue weighted by atomic mass is 10.0. The molecule has 1 rings (SSSR count). The molecular formula is C51H97N3O6. The van der Waals surface area contributed by atoms with Gasteiger partial charge < -0.3 is 25.0 Å². The van der Waals surface area contributed by atoms with Crippen LogP contribution in [0.2, 0.25) is 0 Å². The second kappa shape index (κ2) is 44.6. The average molecular weight is 848 g/mol. The van der Waals surface area contributed by atoms with E-state index in [1.807, 2.05) is 0 Å². The highest BCUT2D eigenvalue weighted by molar-refractivity contribution is 5.73. The monoisotopic (exact) mass is 848 g/mol. The average Bonchev–Trinajstić information content (AvgIpc) is 3.25. The summed E-state index contributed by atoms with van der Waals surface area (Å²) in [4.78, 5) is 48.6. The lowest BCUT2D eigenvalue weighted by molar-refractivity contribution is -0.150. The first-order valence-electron chi connectivity index (χ1n) is 25.6. The Morgan fingerprint density at radius 3 is 1.40 bits per heavy atom. The molecule has 0 unspecified atom stereocenters. The van der Waals surface area contributed by atoms with Crippen molar-refractivity contribution in [3.8, 4) is 0 Å². The van der Waals surface area contributed by atoms with E-state index < -0.39 is 10.9 Å². The molecule has 1 aromatic carbocycles. The fourth-order valence-electron chi connectivity index (χ4n) is 7.90. The molecule has 2 N–H and O–H groups in total. The van der Waals surface area contributed by atoms with Crippen molar-refractivity contribution in [1.29, 1.82) is 0 Å². The van der Waals surface area contributed by atoms with Crippen LogP contribution in [0.4, 0.5) is 11.4 Å². The van der Waals surface area contributed by atoms with Gasteiger partial charge in [-0.15, -0.1) is 0 Å². The Kier molecular flexibility index (Phi) is 42.8. The minimum Gasteiger partial charge on any atom is -0.468 e. The smallest absolute Gasteiger partial charge is 0.306 e. The molecule has 1 aromatic rings. The summed E-state index contributed by atoms with van der Waals surface area (Å²) < 4.78 is 10.6. The molecule has 0 aliphatic carbocycles. The molecule has 0 radical (unpaired) electrons. The fraction of sp³-hybridized carbons (Fsp3) is 0.882. The number of anilines is 2. The highest BCUT2D eigenvalue weighted by atomic mass is 16.5. The normalized spacial score (nSPS) is 11.2. The summed E-state index contributed by atoms with van der Waals surface area (Å²) in [5, 5.41) is 6.01. The van der Waals surface area contributed by atoms with E-state index in [1.165, 1.54) is 167 Å². The van der Waals surface area contributed by atoms with Gasteiger partial charge in [-0.05, 0) is 77.4 Å². The van der Waals surface area contributed by atoms with Crippen LogP contribution in [0, 0.1) is 0 Å². The fourth-order valence-corrected chi connectivity index (χ4v) is 7.90. The van der Waals surface area contributed by atoms with E-state index in [9.17, 15) is 19.2 Å². The molecule has 0 saturated carbocycles.